The zero-order chi connectivity index (χ0) is 17.1. The van der Waals surface area contributed by atoms with Gasteiger partial charge in [-0.15, -0.1) is 0 Å². The second-order valence-corrected chi connectivity index (χ2v) is 6.81. The molecule has 0 spiro atoms. The highest BCUT2D eigenvalue weighted by atomic mass is 32.1. The molecule has 3 rings (SSSR count). The molecule has 0 saturated carbocycles. The average Bonchev–Trinajstić information content (AvgIpc) is 2.90. The van der Waals surface area contributed by atoms with Gasteiger partial charge in [0.25, 0.3) is 0 Å². The van der Waals surface area contributed by atoms with Crippen molar-refractivity contribution in [3.63, 3.8) is 0 Å². The van der Waals surface area contributed by atoms with Crippen LogP contribution in [-0.4, -0.2) is 18.2 Å². The van der Waals surface area contributed by atoms with Crippen LogP contribution in [0.15, 0.2) is 36.4 Å². The van der Waals surface area contributed by atoms with Gasteiger partial charge in [-0.05, 0) is 78.0 Å². The number of anilines is 2. The SMILES string of the molecule is CCCN(CCC)c1ccc2c(c1)-c1ccc(NC(N)=S)cc1C2. The maximum Gasteiger partial charge on any atom is 0.168 e. The summed E-state index contributed by atoms with van der Waals surface area (Å²) >= 11 is 4.93. The van der Waals surface area contributed by atoms with Crippen molar-refractivity contribution >= 4 is 28.7 Å². The molecule has 1 aliphatic carbocycles. The summed E-state index contributed by atoms with van der Waals surface area (Å²) < 4.78 is 0. The van der Waals surface area contributed by atoms with E-state index < -0.39 is 0 Å². The zero-order valence-corrected chi connectivity index (χ0v) is 15.2. The van der Waals surface area contributed by atoms with Crippen LogP contribution in [0.1, 0.15) is 37.8 Å². The smallest absolute Gasteiger partial charge is 0.168 e. The van der Waals surface area contributed by atoms with E-state index in [4.69, 9.17) is 18.0 Å². The molecule has 0 radical (unpaired) electrons. The third-order valence-electron chi connectivity index (χ3n) is 4.49. The van der Waals surface area contributed by atoms with Crippen LogP contribution in [0, 0.1) is 0 Å². The van der Waals surface area contributed by atoms with Crippen LogP contribution in [-0.2, 0) is 6.42 Å². The van der Waals surface area contributed by atoms with Gasteiger partial charge in [-0.3, -0.25) is 0 Å². The fourth-order valence-electron chi connectivity index (χ4n) is 3.50. The molecule has 0 fully saturated rings. The van der Waals surface area contributed by atoms with Crippen molar-refractivity contribution in [1.29, 1.82) is 0 Å². The molecule has 0 aromatic heterocycles. The third-order valence-corrected chi connectivity index (χ3v) is 4.59. The Morgan fingerprint density at radius 2 is 1.79 bits per heavy atom. The Labute approximate surface area is 149 Å². The lowest BCUT2D eigenvalue weighted by Crippen LogP contribution is -2.24. The van der Waals surface area contributed by atoms with Crippen LogP contribution in [0.2, 0.25) is 0 Å². The number of nitrogens with one attached hydrogen (secondary N) is 1. The summed E-state index contributed by atoms with van der Waals surface area (Å²) in [5, 5.41) is 3.33. The second kappa shape index (κ2) is 7.22. The zero-order valence-electron chi connectivity index (χ0n) is 14.4. The lowest BCUT2D eigenvalue weighted by atomic mass is 10.0. The number of rotatable bonds is 6. The van der Waals surface area contributed by atoms with E-state index in [1.165, 1.54) is 40.8 Å². The summed E-state index contributed by atoms with van der Waals surface area (Å²) in [6, 6.07) is 13.3. The molecule has 0 aliphatic heterocycles. The standard InChI is InChI=1S/C20H25N3S/c1-3-9-23(10-4-2)17-7-5-14-11-15-12-16(22-20(21)24)6-8-18(15)19(14)13-17/h5-8,12-13H,3-4,9-11H2,1-2H3,(H3,21,22,24). The first-order valence-electron chi connectivity index (χ1n) is 8.70. The van der Waals surface area contributed by atoms with Gasteiger partial charge in [0.2, 0.25) is 0 Å². The monoisotopic (exact) mass is 339 g/mol. The number of fused-ring (bicyclic) bond motifs is 3. The first-order chi connectivity index (χ1) is 11.6. The van der Waals surface area contributed by atoms with Crippen molar-refractivity contribution in [2.45, 2.75) is 33.1 Å². The largest absolute Gasteiger partial charge is 0.376 e. The van der Waals surface area contributed by atoms with E-state index in [9.17, 15) is 0 Å². The van der Waals surface area contributed by atoms with E-state index in [-0.39, 0.29) is 0 Å². The van der Waals surface area contributed by atoms with Gasteiger partial charge in [-0.2, -0.15) is 0 Å². The Morgan fingerprint density at radius 1 is 1.04 bits per heavy atom. The summed E-state index contributed by atoms with van der Waals surface area (Å²) in [6.45, 7) is 6.69. The molecule has 3 N–H and O–H groups in total. The van der Waals surface area contributed by atoms with Crippen LogP contribution in [0.25, 0.3) is 11.1 Å². The summed E-state index contributed by atoms with van der Waals surface area (Å²) in [6.07, 6.45) is 3.31. The fourth-order valence-corrected chi connectivity index (χ4v) is 3.62. The molecule has 24 heavy (non-hydrogen) atoms. The molecule has 2 aromatic rings. The molecular weight excluding hydrogens is 314 g/mol. The van der Waals surface area contributed by atoms with Crippen LogP contribution in [0.4, 0.5) is 11.4 Å². The number of nitrogens with two attached hydrogens (primary N) is 1. The van der Waals surface area contributed by atoms with Crippen LogP contribution >= 0.6 is 12.2 Å². The Hall–Kier alpha value is -2.07. The lowest BCUT2D eigenvalue weighted by molar-refractivity contribution is 0.745. The highest BCUT2D eigenvalue weighted by Crippen LogP contribution is 2.39. The Morgan fingerprint density at radius 3 is 2.46 bits per heavy atom. The second-order valence-electron chi connectivity index (χ2n) is 6.37. The first-order valence-corrected chi connectivity index (χ1v) is 9.10. The van der Waals surface area contributed by atoms with Crippen molar-refractivity contribution in [3.8, 4) is 11.1 Å². The Balaban J connectivity index is 1.93. The Bertz CT molecular complexity index is 749. The predicted molar refractivity (Wildman–Crippen MR) is 108 cm³/mol. The van der Waals surface area contributed by atoms with E-state index in [0.29, 0.717) is 5.11 Å². The molecule has 0 unspecified atom stereocenters. The summed E-state index contributed by atoms with van der Waals surface area (Å²) in [7, 11) is 0. The van der Waals surface area contributed by atoms with Crippen LogP contribution < -0.4 is 16.0 Å². The van der Waals surface area contributed by atoms with Crippen molar-refractivity contribution in [3.05, 3.63) is 47.5 Å². The third kappa shape index (κ3) is 3.39. The molecule has 0 amide bonds. The minimum Gasteiger partial charge on any atom is -0.376 e. The molecule has 126 valence electrons. The van der Waals surface area contributed by atoms with E-state index in [0.717, 1.165) is 25.2 Å². The van der Waals surface area contributed by atoms with E-state index in [2.05, 4.69) is 60.5 Å². The maximum absolute atomic E-state index is 5.58. The minimum absolute atomic E-state index is 0.308. The van der Waals surface area contributed by atoms with Crippen LogP contribution in [0.3, 0.4) is 0 Å². The number of nitrogens with zero attached hydrogens (tertiary/aromatic N) is 1. The van der Waals surface area contributed by atoms with Crippen molar-refractivity contribution in [1.82, 2.24) is 0 Å². The molecule has 1 aliphatic rings. The average molecular weight is 340 g/mol. The van der Waals surface area contributed by atoms with Crippen molar-refractivity contribution < 1.29 is 0 Å². The van der Waals surface area contributed by atoms with Gasteiger partial charge in [0.05, 0.1) is 0 Å². The fraction of sp³-hybridized carbons (Fsp3) is 0.350. The van der Waals surface area contributed by atoms with E-state index in [1.807, 2.05) is 0 Å². The van der Waals surface area contributed by atoms with Crippen molar-refractivity contribution in [2.75, 3.05) is 23.3 Å². The van der Waals surface area contributed by atoms with Gasteiger partial charge in [0.1, 0.15) is 0 Å². The number of hydrogen-bond donors (Lipinski definition) is 2. The molecule has 0 heterocycles. The lowest BCUT2D eigenvalue weighted by Gasteiger charge is -2.24. The van der Waals surface area contributed by atoms with Gasteiger partial charge >= 0.3 is 0 Å². The van der Waals surface area contributed by atoms with Gasteiger partial charge < -0.3 is 16.0 Å². The van der Waals surface area contributed by atoms with E-state index >= 15 is 0 Å². The Kier molecular flexibility index (Phi) is 5.05. The molecule has 2 aromatic carbocycles. The van der Waals surface area contributed by atoms with Gasteiger partial charge in [0, 0.05) is 24.5 Å². The molecule has 0 atom stereocenters. The summed E-state index contributed by atoms with van der Waals surface area (Å²) in [5.74, 6) is 0. The molecule has 0 saturated heterocycles. The number of benzene rings is 2. The van der Waals surface area contributed by atoms with Gasteiger partial charge in [-0.25, -0.2) is 0 Å². The molecule has 0 bridgehead atoms. The topological polar surface area (TPSA) is 41.3 Å². The number of hydrogen-bond acceptors (Lipinski definition) is 2. The first kappa shape index (κ1) is 16.8. The summed E-state index contributed by atoms with van der Waals surface area (Å²) in [5.41, 5.74) is 13.3. The summed E-state index contributed by atoms with van der Waals surface area (Å²) in [4.78, 5) is 2.49. The normalized spacial score (nSPS) is 11.8. The molecular formula is C20H25N3S. The van der Waals surface area contributed by atoms with Gasteiger partial charge in [-0.1, -0.05) is 26.0 Å². The number of thiocarbonyl (C=S) groups is 1. The van der Waals surface area contributed by atoms with E-state index in [1.54, 1.807) is 0 Å². The molecule has 3 nitrogen and oxygen atoms in total. The van der Waals surface area contributed by atoms with Crippen molar-refractivity contribution in [2.24, 2.45) is 5.73 Å². The quantitative estimate of drug-likeness (QED) is 0.647. The van der Waals surface area contributed by atoms with Gasteiger partial charge in [0.15, 0.2) is 5.11 Å². The molecule has 4 heteroatoms. The predicted octanol–water partition coefficient (Wildman–Crippen LogP) is 4.54. The minimum atomic E-state index is 0.308. The highest BCUT2D eigenvalue weighted by Gasteiger charge is 2.20. The van der Waals surface area contributed by atoms with Crippen LogP contribution in [0.5, 0.6) is 0 Å². The highest BCUT2D eigenvalue weighted by molar-refractivity contribution is 7.80. The maximum atomic E-state index is 5.58.